The summed E-state index contributed by atoms with van der Waals surface area (Å²) in [6.07, 6.45) is 0.0868. The summed E-state index contributed by atoms with van der Waals surface area (Å²) in [5.41, 5.74) is 0.527. The summed E-state index contributed by atoms with van der Waals surface area (Å²) >= 11 is 0. The maximum Gasteiger partial charge on any atom is 0.306 e. The summed E-state index contributed by atoms with van der Waals surface area (Å²) < 4.78 is 11.4. The largest absolute Gasteiger partial charge is 0.496 e. The predicted molar refractivity (Wildman–Crippen MR) is 112 cm³/mol. The summed E-state index contributed by atoms with van der Waals surface area (Å²) in [6.45, 7) is -0.607. The summed E-state index contributed by atoms with van der Waals surface area (Å²) in [5, 5.41) is 2.64. The topological polar surface area (TPSA) is 117 Å². The first-order valence-corrected chi connectivity index (χ1v) is 9.48. The third-order valence-electron chi connectivity index (χ3n) is 4.60. The van der Waals surface area contributed by atoms with Gasteiger partial charge < -0.3 is 9.47 Å². The van der Waals surface area contributed by atoms with Crippen molar-refractivity contribution in [3.05, 3.63) is 70.3 Å². The molecule has 1 heterocycles. The second-order valence-electron chi connectivity index (χ2n) is 6.65. The van der Waals surface area contributed by atoms with Gasteiger partial charge in [-0.05, 0) is 24.3 Å². The van der Waals surface area contributed by atoms with E-state index in [1.54, 1.807) is 49.5 Å². The Morgan fingerprint density at radius 1 is 1.06 bits per heavy atom. The summed E-state index contributed by atoms with van der Waals surface area (Å²) in [5.74, 6) is -1.33. The normalized spacial score (nSPS) is 10.5. The second-order valence-corrected chi connectivity index (χ2v) is 6.65. The van der Waals surface area contributed by atoms with Crippen molar-refractivity contribution >= 4 is 28.7 Å². The zero-order valence-electron chi connectivity index (χ0n) is 17.1. The van der Waals surface area contributed by atoms with Crippen molar-refractivity contribution < 1.29 is 23.9 Å². The molecule has 9 heteroatoms. The number of aryl methyl sites for hydroxylation is 1. The number of hydrogen-bond donors (Lipinski definition) is 1. The van der Waals surface area contributed by atoms with Crippen LogP contribution < -0.4 is 15.6 Å². The Hall–Kier alpha value is -4.01. The molecular weight excluding hydrogens is 402 g/mol. The highest BCUT2D eigenvalue weighted by Gasteiger charge is 2.16. The number of nitrogens with zero attached hydrogens (tertiary/aromatic N) is 2. The van der Waals surface area contributed by atoms with Crippen molar-refractivity contribution in [2.45, 2.75) is 12.8 Å². The highest BCUT2D eigenvalue weighted by atomic mass is 16.5. The minimum Gasteiger partial charge on any atom is -0.496 e. The number of imide groups is 1. The number of ether oxygens (including phenoxy) is 2. The van der Waals surface area contributed by atoms with Gasteiger partial charge >= 0.3 is 5.97 Å². The smallest absolute Gasteiger partial charge is 0.306 e. The van der Waals surface area contributed by atoms with Crippen molar-refractivity contribution in [1.29, 1.82) is 0 Å². The Labute approximate surface area is 177 Å². The van der Waals surface area contributed by atoms with Crippen molar-refractivity contribution in [3.63, 3.8) is 0 Å². The molecule has 9 nitrogen and oxygen atoms in total. The average molecular weight is 423 g/mol. The van der Waals surface area contributed by atoms with Crippen LogP contribution in [0.1, 0.15) is 22.6 Å². The maximum atomic E-state index is 12.4. The van der Waals surface area contributed by atoms with Crippen LogP contribution in [0.3, 0.4) is 0 Å². The zero-order valence-corrected chi connectivity index (χ0v) is 17.1. The van der Waals surface area contributed by atoms with Gasteiger partial charge in [0.2, 0.25) is 0 Å². The molecular formula is C22H21N3O6. The summed E-state index contributed by atoms with van der Waals surface area (Å²) in [4.78, 5) is 52.9. The molecule has 2 aromatic carbocycles. The molecule has 1 N–H and O–H groups in total. The molecule has 3 aromatic rings. The summed E-state index contributed by atoms with van der Waals surface area (Å²) in [7, 11) is 3.00. The van der Waals surface area contributed by atoms with Crippen molar-refractivity contribution in [2.75, 3.05) is 13.7 Å². The molecule has 3 rings (SSSR count). The fourth-order valence-electron chi connectivity index (χ4n) is 2.98. The molecule has 160 valence electrons. The lowest BCUT2D eigenvalue weighted by Gasteiger charge is -2.10. The quantitative estimate of drug-likeness (QED) is 0.571. The van der Waals surface area contributed by atoms with E-state index < -0.39 is 24.4 Å². The highest BCUT2D eigenvalue weighted by Crippen LogP contribution is 2.16. The third kappa shape index (κ3) is 5.13. The van der Waals surface area contributed by atoms with Crippen LogP contribution in [0.4, 0.5) is 0 Å². The van der Waals surface area contributed by atoms with Crippen LogP contribution in [-0.2, 0) is 27.8 Å². The molecule has 31 heavy (non-hydrogen) atoms. The van der Waals surface area contributed by atoms with E-state index in [2.05, 4.69) is 10.3 Å². The van der Waals surface area contributed by atoms with Gasteiger partial charge in [0.25, 0.3) is 17.4 Å². The molecule has 2 amide bonds. The Morgan fingerprint density at radius 2 is 1.77 bits per heavy atom. The monoisotopic (exact) mass is 423 g/mol. The van der Waals surface area contributed by atoms with E-state index in [0.29, 0.717) is 22.5 Å². The fraction of sp³-hybridized carbons (Fsp3) is 0.227. The number of rotatable bonds is 7. The highest BCUT2D eigenvalue weighted by molar-refractivity contribution is 6.06. The molecule has 1 aromatic heterocycles. The lowest BCUT2D eigenvalue weighted by molar-refractivity contribution is -0.148. The predicted octanol–water partition coefficient (Wildman–Crippen LogP) is 1.37. The van der Waals surface area contributed by atoms with Crippen LogP contribution in [0, 0.1) is 0 Å². The first kappa shape index (κ1) is 21.7. The van der Waals surface area contributed by atoms with Gasteiger partial charge in [-0.25, -0.2) is 4.98 Å². The Kier molecular flexibility index (Phi) is 6.76. The molecule has 0 saturated heterocycles. The first-order chi connectivity index (χ1) is 14.9. The van der Waals surface area contributed by atoms with Gasteiger partial charge in [0.05, 0.1) is 30.0 Å². The van der Waals surface area contributed by atoms with Crippen LogP contribution in [0.15, 0.2) is 53.3 Å². The van der Waals surface area contributed by atoms with Gasteiger partial charge in [0, 0.05) is 13.5 Å². The number of carbonyl (C=O) groups is 3. The summed E-state index contributed by atoms with van der Waals surface area (Å²) in [6, 6.07) is 13.4. The molecule has 0 fully saturated rings. The SMILES string of the molecule is COc1ccccc1C(=O)NC(=O)COC(=O)CCc1nc2ccccc2c(=O)n1C. The van der Waals surface area contributed by atoms with Gasteiger partial charge in [-0.3, -0.25) is 29.1 Å². The molecule has 0 aliphatic rings. The van der Waals surface area contributed by atoms with E-state index in [1.165, 1.54) is 17.7 Å². The number of methoxy groups -OCH3 is 1. The Balaban J connectivity index is 1.53. The zero-order chi connectivity index (χ0) is 22.4. The van der Waals surface area contributed by atoms with E-state index in [4.69, 9.17) is 9.47 Å². The van der Waals surface area contributed by atoms with Crippen LogP contribution in [0.5, 0.6) is 5.75 Å². The van der Waals surface area contributed by atoms with Crippen molar-refractivity contribution in [1.82, 2.24) is 14.9 Å². The Bertz CT molecular complexity index is 1200. The Morgan fingerprint density at radius 3 is 2.55 bits per heavy atom. The number of carbonyl (C=O) groups excluding carboxylic acids is 3. The van der Waals surface area contributed by atoms with Crippen LogP contribution in [0.25, 0.3) is 10.9 Å². The molecule has 0 radical (unpaired) electrons. The number of fused-ring (bicyclic) bond motifs is 1. The second kappa shape index (κ2) is 9.66. The molecule has 0 spiro atoms. The lowest BCUT2D eigenvalue weighted by Crippen LogP contribution is -2.34. The minimum atomic E-state index is -0.763. The van der Waals surface area contributed by atoms with Gasteiger partial charge in [-0.15, -0.1) is 0 Å². The number of aromatic nitrogens is 2. The maximum absolute atomic E-state index is 12.4. The number of para-hydroxylation sites is 2. The van der Waals surface area contributed by atoms with Gasteiger partial charge in [0.1, 0.15) is 11.6 Å². The van der Waals surface area contributed by atoms with Gasteiger partial charge in [-0.1, -0.05) is 24.3 Å². The van der Waals surface area contributed by atoms with Gasteiger partial charge in [-0.2, -0.15) is 0 Å². The van der Waals surface area contributed by atoms with Gasteiger partial charge in [0.15, 0.2) is 6.61 Å². The number of hydrogen-bond acceptors (Lipinski definition) is 7. The molecule has 0 aliphatic carbocycles. The molecule has 0 bridgehead atoms. The van der Waals surface area contributed by atoms with E-state index >= 15 is 0 Å². The number of nitrogens with one attached hydrogen (secondary N) is 1. The van der Waals surface area contributed by atoms with E-state index in [0.717, 1.165) is 0 Å². The van der Waals surface area contributed by atoms with Crippen LogP contribution >= 0.6 is 0 Å². The lowest BCUT2D eigenvalue weighted by atomic mass is 10.2. The molecule has 0 saturated carbocycles. The fourth-order valence-corrected chi connectivity index (χ4v) is 2.98. The number of benzene rings is 2. The van der Waals surface area contributed by atoms with Crippen molar-refractivity contribution in [2.24, 2.45) is 7.05 Å². The average Bonchev–Trinajstić information content (AvgIpc) is 2.79. The van der Waals surface area contributed by atoms with Crippen LogP contribution in [-0.4, -0.2) is 41.1 Å². The molecule has 0 aliphatic heterocycles. The van der Waals surface area contributed by atoms with Crippen LogP contribution in [0.2, 0.25) is 0 Å². The van der Waals surface area contributed by atoms with E-state index in [9.17, 15) is 19.2 Å². The third-order valence-corrected chi connectivity index (χ3v) is 4.60. The number of esters is 1. The molecule has 0 atom stereocenters. The first-order valence-electron chi connectivity index (χ1n) is 9.48. The van der Waals surface area contributed by atoms with Crippen molar-refractivity contribution in [3.8, 4) is 5.75 Å². The van der Waals surface area contributed by atoms with E-state index in [1.807, 2.05) is 0 Å². The number of amides is 2. The minimum absolute atomic E-state index is 0.0770. The molecule has 0 unspecified atom stereocenters. The standard InChI is InChI=1S/C22H21N3O6/c1-25-18(23-16-9-5-3-7-14(16)22(25)29)11-12-20(27)31-13-19(26)24-21(28)15-8-4-6-10-17(15)30-2/h3-10H,11-13H2,1-2H3,(H,24,26,28). The van der Waals surface area contributed by atoms with E-state index in [-0.39, 0.29) is 24.0 Å².